The maximum absolute atomic E-state index is 12.8. The number of imidazole rings is 1. The fourth-order valence-corrected chi connectivity index (χ4v) is 3.42. The molecule has 1 N–H and O–H groups in total. The number of aromatic nitrogens is 2. The summed E-state index contributed by atoms with van der Waals surface area (Å²) in [6.45, 7) is 3.82. The van der Waals surface area contributed by atoms with E-state index in [-0.39, 0.29) is 11.8 Å². The fourth-order valence-electron chi connectivity index (χ4n) is 3.42. The standard InChI is InChI=1S/C15H22N4O2/c1-12-16-7-9-18(12)10-11-19-8-4-13(20)17-15(14(19)21)5-2-3-6-15/h7,9H,2-6,8,10-11H2,1H3,(H,17,20). The molecule has 1 spiro atoms. The highest BCUT2D eigenvalue weighted by molar-refractivity contribution is 5.93. The zero-order valence-corrected chi connectivity index (χ0v) is 12.5. The molecule has 1 saturated carbocycles. The maximum Gasteiger partial charge on any atom is 0.248 e. The van der Waals surface area contributed by atoms with Crippen LogP contribution in [0.5, 0.6) is 0 Å². The van der Waals surface area contributed by atoms with Crippen LogP contribution in [0, 0.1) is 6.92 Å². The molecule has 0 unspecified atom stereocenters. The second-order valence-electron chi connectivity index (χ2n) is 6.05. The minimum atomic E-state index is -0.627. The SMILES string of the molecule is Cc1nccn1CCN1CCC(=O)NC2(CCCC2)C1=O. The fraction of sp³-hybridized carbons (Fsp3) is 0.667. The predicted octanol–water partition coefficient (Wildman–Crippen LogP) is 0.853. The molecule has 1 aliphatic heterocycles. The molecular formula is C15H22N4O2. The van der Waals surface area contributed by atoms with Crippen LogP contribution in [0.4, 0.5) is 0 Å². The Hall–Kier alpha value is -1.85. The Balaban J connectivity index is 1.73. The molecule has 6 nitrogen and oxygen atoms in total. The highest BCUT2D eigenvalue weighted by atomic mass is 16.2. The number of hydrogen-bond donors (Lipinski definition) is 1. The molecule has 2 amide bonds. The predicted molar refractivity (Wildman–Crippen MR) is 77.5 cm³/mol. The van der Waals surface area contributed by atoms with Gasteiger partial charge >= 0.3 is 0 Å². The molecule has 0 aromatic carbocycles. The molecule has 0 radical (unpaired) electrons. The zero-order chi connectivity index (χ0) is 14.9. The molecule has 2 heterocycles. The lowest BCUT2D eigenvalue weighted by Crippen LogP contribution is -2.55. The summed E-state index contributed by atoms with van der Waals surface area (Å²) in [5.74, 6) is 1.05. The summed E-state index contributed by atoms with van der Waals surface area (Å²) in [6, 6.07) is 0. The van der Waals surface area contributed by atoms with Gasteiger partial charge in [-0.05, 0) is 19.8 Å². The van der Waals surface area contributed by atoms with Crippen LogP contribution in [-0.4, -0.2) is 44.9 Å². The Morgan fingerprint density at radius 2 is 2.05 bits per heavy atom. The minimum absolute atomic E-state index is 0.00608. The van der Waals surface area contributed by atoms with Crippen molar-refractivity contribution < 1.29 is 9.59 Å². The van der Waals surface area contributed by atoms with Crippen molar-refractivity contribution in [2.75, 3.05) is 13.1 Å². The monoisotopic (exact) mass is 290 g/mol. The first-order valence-corrected chi connectivity index (χ1v) is 7.69. The van der Waals surface area contributed by atoms with Crippen molar-refractivity contribution in [3.8, 4) is 0 Å². The average molecular weight is 290 g/mol. The van der Waals surface area contributed by atoms with Gasteiger partial charge in [-0.25, -0.2) is 4.98 Å². The Morgan fingerprint density at radius 3 is 2.71 bits per heavy atom. The van der Waals surface area contributed by atoms with Crippen LogP contribution < -0.4 is 5.32 Å². The van der Waals surface area contributed by atoms with E-state index in [0.29, 0.717) is 19.5 Å². The van der Waals surface area contributed by atoms with Gasteiger partial charge in [0.25, 0.3) is 0 Å². The molecular weight excluding hydrogens is 268 g/mol. The van der Waals surface area contributed by atoms with Gasteiger partial charge < -0.3 is 14.8 Å². The molecule has 6 heteroatoms. The van der Waals surface area contributed by atoms with Crippen molar-refractivity contribution in [2.24, 2.45) is 0 Å². The molecule has 1 saturated heterocycles. The second kappa shape index (κ2) is 5.50. The maximum atomic E-state index is 12.8. The first-order valence-electron chi connectivity index (χ1n) is 7.69. The van der Waals surface area contributed by atoms with Crippen LogP contribution in [0.15, 0.2) is 12.4 Å². The van der Waals surface area contributed by atoms with E-state index in [1.807, 2.05) is 22.6 Å². The summed E-state index contributed by atoms with van der Waals surface area (Å²) >= 11 is 0. The van der Waals surface area contributed by atoms with Gasteiger partial charge in [0.2, 0.25) is 11.8 Å². The molecule has 0 bridgehead atoms. The highest BCUT2D eigenvalue weighted by Crippen LogP contribution is 2.32. The number of amides is 2. The van der Waals surface area contributed by atoms with Gasteiger partial charge in [0.05, 0.1) is 0 Å². The Bertz CT molecular complexity index is 546. The number of aryl methyl sites for hydroxylation is 1. The number of rotatable bonds is 3. The average Bonchev–Trinajstić information content (AvgIpc) is 3.06. The summed E-state index contributed by atoms with van der Waals surface area (Å²) in [5, 5.41) is 2.99. The zero-order valence-electron chi connectivity index (χ0n) is 12.5. The van der Waals surface area contributed by atoms with Crippen LogP contribution in [-0.2, 0) is 16.1 Å². The van der Waals surface area contributed by atoms with Gasteiger partial charge in [0.1, 0.15) is 11.4 Å². The number of hydrogen-bond acceptors (Lipinski definition) is 3. The van der Waals surface area contributed by atoms with Crippen molar-refractivity contribution in [1.82, 2.24) is 19.8 Å². The Morgan fingerprint density at radius 1 is 1.29 bits per heavy atom. The molecule has 3 rings (SSSR count). The largest absolute Gasteiger partial charge is 0.342 e. The lowest BCUT2D eigenvalue weighted by Gasteiger charge is -2.31. The molecule has 21 heavy (non-hydrogen) atoms. The summed E-state index contributed by atoms with van der Waals surface area (Å²) in [5.41, 5.74) is -0.627. The molecule has 0 atom stereocenters. The molecule has 1 aromatic rings. The molecule has 2 fully saturated rings. The van der Waals surface area contributed by atoms with E-state index in [1.165, 1.54) is 0 Å². The molecule has 2 aliphatic rings. The number of nitrogens with zero attached hydrogens (tertiary/aromatic N) is 3. The third kappa shape index (κ3) is 2.66. The van der Waals surface area contributed by atoms with Crippen molar-refractivity contribution in [2.45, 2.75) is 51.1 Å². The normalized spacial score (nSPS) is 21.7. The van der Waals surface area contributed by atoms with E-state index in [2.05, 4.69) is 10.3 Å². The lowest BCUT2D eigenvalue weighted by molar-refractivity contribution is -0.138. The third-order valence-electron chi connectivity index (χ3n) is 4.68. The minimum Gasteiger partial charge on any atom is -0.342 e. The van der Waals surface area contributed by atoms with E-state index in [9.17, 15) is 9.59 Å². The quantitative estimate of drug-likeness (QED) is 0.897. The summed E-state index contributed by atoms with van der Waals surface area (Å²) < 4.78 is 2.04. The summed E-state index contributed by atoms with van der Waals surface area (Å²) in [7, 11) is 0. The van der Waals surface area contributed by atoms with Gasteiger partial charge in [0, 0.05) is 38.4 Å². The highest BCUT2D eigenvalue weighted by Gasteiger charge is 2.46. The van der Waals surface area contributed by atoms with Gasteiger partial charge in [-0.3, -0.25) is 9.59 Å². The summed E-state index contributed by atoms with van der Waals surface area (Å²) in [4.78, 5) is 30.8. The van der Waals surface area contributed by atoms with Crippen LogP contribution in [0.3, 0.4) is 0 Å². The van der Waals surface area contributed by atoms with E-state index in [0.717, 1.165) is 38.1 Å². The van der Waals surface area contributed by atoms with E-state index >= 15 is 0 Å². The van der Waals surface area contributed by atoms with Gasteiger partial charge in [0.15, 0.2) is 0 Å². The Kier molecular flexibility index (Phi) is 3.69. The van der Waals surface area contributed by atoms with E-state index in [1.54, 1.807) is 6.20 Å². The number of carbonyl (C=O) groups excluding carboxylic acids is 2. The van der Waals surface area contributed by atoms with E-state index < -0.39 is 5.54 Å². The third-order valence-corrected chi connectivity index (χ3v) is 4.68. The van der Waals surface area contributed by atoms with Gasteiger partial charge in [-0.1, -0.05) is 12.8 Å². The Labute approximate surface area is 124 Å². The molecule has 114 valence electrons. The van der Waals surface area contributed by atoms with Crippen molar-refractivity contribution in [3.05, 3.63) is 18.2 Å². The van der Waals surface area contributed by atoms with Gasteiger partial charge in [-0.2, -0.15) is 0 Å². The molecule has 1 aromatic heterocycles. The van der Waals surface area contributed by atoms with Crippen LogP contribution >= 0.6 is 0 Å². The number of nitrogens with one attached hydrogen (secondary N) is 1. The topological polar surface area (TPSA) is 67.2 Å². The van der Waals surface area contributed by atoms with Crippen LogP contribution in [0.25, 0.3) is 0 Å². The first kappa shape index (κ1) is 14.1. The second-order valence-corrected chi connectivity index (χ2v) is 6.05. The molecule has 1 aliphatic carbocycles. The smallest absolute Gasteiger partial charge is 0.248 e. The lowest BCUT2D eigenvalue weighted by atomic mass is 9.96. The first-order chi connectivity index (χ1) is 10.1. The van der Waals surface area contributed by atoms with Crippen molar-refractivity contribution in [3.63, 3.8) is 0 Å². The van der Waals surface area contributed by atoms with Gasteiger partial charge in [-0.15, -0.1) is 0 Å². The van der Waals surface area contributed by atoms with Crippen LogP contribution in [0.2, 0.25) is 0 Å². The number of carbonyl (C=O) groups is 2. The van der Waals surface area contributed by atoms with Crippen molar-refractivity contribution in [1.29, 1.82) is 0 Å². The van der Waals surface area contributed by atoms with E-state index in [4.69, 9.17) is 0 Å². The van der Waals surface area contributed by atoms with Crippen molar-refractivity contribution >= 4 is 11.8 Å². The van der Waals surface area contributed by atoms with Crippen LogP contribution in [0.1, 0.15) is 37.9 Å². The summed E-state index contributed by atoms with van der Waals surface area (Å²) in [6.07, 6.45) is 7.67.